The van der Waals surface area contributed by atoms with E-state index in [-0.39, 0.29) is 0 Å². The summed E-state index contributed by atoms with van der Waals surface area (Å²) in [4.78, 5) is 13.6. The zero-order valence-corrected chi connectivity index (χ0v) is 14.0. The third-order valence-electron chi connectivity index (χ3n) is 4.92. The summed E-state index contributed by atoms with van der Waals surface area (Å²) in [5, 5.41) is 0. The first-order valence-corrected chi connectivity index (χ1v) is 8.43. The average Bonchev–Trinajstić information content (AvgIpc) is 3.51. The number of pyridine rings is 1. The Bertz CT molecular complexity index is 745. The normalized spacial score (nSPS) is 17.1. The highest BCUT2D eigenvalue weighted by molar-refractivity contribution is 5.66. The maximum absolute atomic E-state index is 6.18. The molecule has 2 aliphatic carbocycles. The van der Waals surface area contributed by atoms with Crippen LogP contribution in [0.1, 0.15) is 37.3 Å². The first-order valence-electron chi connectivity index (χ1n) is 8.43. The highest BCUT2D eigenvalue weighted by Crippen LogP contribution is 2.55. The van der Waals surface area contributed by atoms with Crippen LogP contribution in [0.5, 0.6) is 11.8 Å². The molecule has 0 spiro atoms. The molecule has 0 unspecified atom stereocenters. The Morgan fingerprint density at radius 2 is 1.75 bits per heavy atom. The molecule has 126 valence electrons. The summed E-state index contributed by atoms with van der Waals surface area (Å²) in [5.41, 5.74) is 8.68. The number of hydrogen-bond acceptors (Lipinski definition) is 6. The van der Waals surface area contributed by atoms with Gasteiger partial charge in [0.1, 0.15) is 5.82 Å². The van der Waals surface area contributed by atoms with Crippen molar-refractivity contribution in [2.45, 2.75) is 31.6 Å². The second-order valence-corrected chi connectivity index (χ2v) is 6.64. The van der Waals surface area contributed by atoms with Crippen LogP contribution in [0.25, 0.3) is 11.3 Å². The van der Waals surface area contributed by atoms with E-state index in [1.807, 2.05) is 6.07 Å². The highest BCUT2D eigenvalue weighted by atomic mass is 16.5. The molecule has 6 nitrogen and oxygen atoms in total. The maximum atomic E-state index is 6.18. The zero-order valence-electron chi connectivity index (χ0n) is 14.0. The predicted molar refractivity (Wildman–Crippen MR) is 91.0 cm³/mol. The van der Waals surface area contributed by atoms with Crippen LogP contribution in [0.4, 0.5) is 5.82 Å². The smallest absolute Gasteiger partial charge is 0.226 e. The topological polar surface area (TPSA) is 83.2 Å². The van der Waals surface area contributed by atoms with E-state index in [2.05, 4.69) is 9.97 Å². The first-order chi connectivity index (χ1) is 11.7. The largest absolute Gasteiger partial charge is 0.481 e. The van der Waals surface area contributed by atoms with Crippen LogP contribution in [0.2, 0.25) is 0 Å². The van der Waals surface area contributed by atoms with E-state index in [0.29, 0.717) is 23.5 Å². The van der Waals surface area contributed by atoms with Crippen molar-refractivity contribution in [3.63, 3.8) is 0 Å². The predicted octanol–water partition coefficient (Wildman–Crippen LogP) is 3.04. The number of methoxy groups -OCH3 is 2. The van der Waals surface area contributed by atoms with Gasteiger partial charge in [-0.2, -0.15) is 4.98 Å². The lowest BCUT2D eigenvalue weighted by molar-refractivity contribution is 0.365. The Hall–Kier alpha value is -2.37. The standard InChI is InChI=1S/C18H22N4O2/c1-23-14-8-7-12(18(22-14)24-2)13-9-20-17(19)16(21-13)15(10-3-4-10)11-5-6-11/h7-11,15H,3-6H2,1-2H3,(H2,19,20). The molecular weight excluding hydrogens is 304 g/mol. The minimum absolute atomic E-state index is 0.453. The molecular formula is C18H22N4O2. The van der Waals surface area contributed by atoms with Crippen LogP contribution in [-0.4, -0.2) is 29.2 Å². The minimum Gasteiger partial charge on any atom is -0.481 e. The van der Waals surface area contributed by atoms with Gasteiger partial charge in [0, 0.05) is 12.0 Å². The lowest BCUT2D eigenvalue weighted by atomic mass is 9.93. The zero-order chi connectivity index (χ0) is 16.7. The molecule has 2 fully saturated rings. The summed E-state index contributed by atoms with van der Waals surface area (Å²) in [5.74, 6) is 3.44. The van der Waals surface area contributed by atoms with Crippen LogP contribution in [0.15, 0.2) is 18.3 Å². The molecule has 2 saturated carbocycles. The second kappa shape index (κ2) is 5.92. The van der Waals surface area contributed by atoms with E-state index < -0.39 is 0 Å². The third kappa shape index (κ3) is 2.77. The fourth-order valence-electron chi connectivity index (χ4n) is 3.42. The van der Waals surface area contributed by atoms with Crippen LogP contribution < -0.4 is 15.2 Å². The summed E-state index contributed by atoms with van der Waals surface area (Å²) in [6.07, 6.45) is 6.81. The number of nitrogens with two attached hydrogens (primary N) is 1. The van der Waals surface area contributed by atoms with Gasteiger partial charge in [-0.3, -0.25) is 0 Å². The molecule has 2 aromatic rings. The molecule has 0 aliphatic heterocycles. The first kappa shape index (κ1) is 15.2. The van der Waals surface area contributed by atoms with E-state index in [4.69, 9.17) is 20.2 Å². The summed E-state index contributed by atoms with van der Waals surface area (Å²) in [6.45, 7) is 0. The van der Waals surface area contributed by atoms with Gasteiger partial charge in [-0.05, 0) is 43.6 Å². The SMILES string of the molecule is COc1ccc(-c2cnc(N)c(C(C3CC3)C3CC3)n2)c(OC)n1. The summed E-state index contributed by atoms with van der Waals surface area (Å²) < 4.78 is 10.6. The van der Waals surface area contributed by atoms with E-state index in [1.165, 1.54) is 25.7 Å². The molecule has 0 saturated heterocycles. The Kier molecular flexibility index (Phi) is 3.75. The van der Waals surface area contributed by atoms with Gasteiger partial charge in [-0.1, -0.05) is 0 Å². The van der Waals surface area contributed by atoms with E-state index in [0.717, 1.165) is 28.8 Å². The van der Waals surface area contributed by atoms with Crippen LogP contribution >= 0.6 is 0 Å². The highest BCUT2D eigenvalue weighted by Gasteiger charge is 2.44. The van der Waals surface area contributed by atoms with Gasteiger partial charge in [0.2, 0.25) is 11.8 Å². The Morgan fingerprint density at radius 3 is 2.33 bits per heavy atom. The fraction of sp³-hybridized carbons (Fsp3) is 0.500. The van der Waals surface area contributed by atoms with E-state index in [1.54, 1.807) is 26.5 Å². The van der Waals surface area contributed by atoms with Crippen molar-refractivity contribution >= 4 is 5.82 Å². The lowest BCUT2D eigenvalue weighted by Crippen LogP contribution is -2.12. The van der Waals surface area contributed by atoms with Gasteiger partial charge in [-0.25, -0.2) is 9.97 Å². The molecule has 0 amide bonds. The van der Waals surface area contributed by atoms with Gasteiger partial charge in [0.05, 0.1) is 37.4 Å². The number of aromatic nitrogens is 3. The van der Waals surface area contributed by atoms with Crippen molar-refractivity contribution < 1.29 is 9.47 Å². The quantitative estimate of drug-likeness (QED) is 0.878. The van der Waals surface area contributed by atoms with Crippen molar-refractivity contribution in [2.75, 3.05) is 20.0 Å². The lowest BCUT2D eigenvalue weighted by Gasteiger charge is -2.18. The number of hydrogen-bond donors (Lipinski definition) is 1. The maximum Gasteiger partial charge on any atom is 0.226 e. The molecule has 4 rings (SSSR count). The molecule has 2 aliphatic rings. The number of nitrogens with zero attached hydrogens (tertiary/aromatic N) is 3. The van der Waals surface area contributed by atoms with Crippen LogP contribution in [0.3, 0.4) is 0 Å². The Balaban J connectivity index is 1.75. The summed E-state index contributed by atoms with van der Waals surface area (Å²) >= 11 is 0. The van der Waals surface area contributed by atoms with E-state index in [9.17, 15) is 0 Å². The molecule has 0 radical (unpaired) electrons. The van der Waals surface area contributed by atoms with Crippen molar-refractivity contribution in [3.05, 3.63) is 24.0 Å². The second-order valence-electron chi connectivity index (χ2n) is 6.64. The van der Waals surface area contributed by atoms with Gasteiger partial charge >= 0.3 is 0 Å². The molecule has 2 heterocycles. The molecule has 0 atom stereocenters. The van der Waals surface area contributed by atoms with Crippen LogP contribution in [-0.2, 0) is 0 Å². The van der Waals surface area contributed by atoms with Crippen molar-refractivity contribution in [3.8, 4) is 23.0 Å². The molecule has 2 N–H and O–H groups in total. The minimum atomic E-state index is 0.453. The number of ether oxygens (including phenoxy) is 2. The van der Waals surface area contributed by atoms with E-state index >= 15 is 0 Å². The van der Waals surface area contributed by atoms with Gasteiger partial charge in [-0.15, -0.1) is 0 Å². The Labute approximate surface area is 141 Å². The fourth-order valence-corrected chi connectivity index (χ4v) is 3.42. The summed E-state index contributed by atoms with van der Waals surface area (Å²) in [7, 11) is 3.17. The number of nitrogen functional groups attached to an aromatic ring is 1. The van der Waals surface area contributed by atoms with Crippen LogP contribution in [0, 0.1) is 11.8 Å². The van der Waals surface area contributed by atoms with Crippen molar-refractivity contribution in [2.24, 2.45) is 11.8 Å². The Morgan fingerprint density at radius 1 is 1.04 bits per heavy atom. The molecule has 6 heteroatoms. The van der Waals surface area contributed by atoms with Gasteiger partial charge < -0.3 is 15.2 Å². The number of rotatable bonds is 6. The molecule has 24 heavy (non-hydrogen) atoms. The molecule has 0 bridgehead atoms. The van der Waals surface area contributed by atoms with Gasteiger partial charge in [0.15, 0.2) is 0 Å². The van der Waals surface area contributed by atoms with Crippen molar-refractivity contribution in [1.29, 1.82) is 0 Å². The molecule has 0 aromatic carbocycles. The monoisotopic (exact) mass is 326 g/mol. The van der Waals surface area contributed by atoms with Gasteiger partial charge in [0.25, 0.3) is 0 Å². The number of anilines is 1. The third-order valence-corrected chi connectivity index (χ3v) is 4.92. The van der Waals surface area contributed by atoms with Crippen molar-refractivity contribution in [1.82, 2.24) is 15.0 Å². The summed E-state index contributed by atoms with van der Waals surface area (Å²) in [6, 6.07) is 3.70. The molecule has 2 aromatic heterocycles. The average molecular weight is 326 g/mol.